The van der Waals surface area contributed by atoms with Gasteiger partial charge in [0.15, 0.2) is 0 Å². The molecular formula is C15H20BrNO3S. The van der Waals surface area contributed by atoms with Crippen LogP contribution in [0.4, 0.5) is 0 Å². The summed E-state index contributed by atoms with van der Waals surface area (Å²) in [6.07, 6.45) is 0.578. The van der Waals surface area contributed by atoms with Gasteiger partial charge in [0, 0.05) is 29.4 Å². The number of aliphatic carboxylic acids is 1. The summed E-state index contributed by atoms with van der Waals surface area (Å²) in [5.74, 6) is -0.442. The lowest BCUT2D eigenvalue weighted by Gasteiger charge is -2.17. The zero-order valence-corrected chi connectivity index (χ0v) is 14.9. The highest BCUT2D eigenvalue weighted by Crippen LogP contribution is 2.28. The van der Waals surface area contributed by atoms with Gasteiger partial charge in [0.25, 0.3) is 0 Å². The molecule has 0 aliphatic heterocycles. The molecule has 0 heterocycles. The van der Waals surface area contributed by atoms with Crippen LogP contribution in [-0.4, -0.2) is 41.2 Å². The molecule has 0 atom stereocenters. The number of carboxylic acid groups (broad SMARTS) is 1. The maximum absolute atomic E-state index is 12.0. The van der Waals surface area contributed by atoms with Crippen LogP contribution in [0.2, 0.25) is 0 Å². The van der Waals surface area contributed by atoms with Gasteiger partial charge in [0.05, 0.1) is 5.75 Å². The number of rotatable bonds is 7. The van der Waals surface area contributed by atoms with Crippen LogP contribution >= 0.6 is 27.7 Å². The predicted molar refractivity (Wildman–Crippen MR) is 88.8 cm³/mol. The molecule has 0 aromatic heterocycles. The van der Waals surface area contributed by atoms with Crippen molar-refractivity contribution in [3.8, 4) is 0 Å². The third-order valence-electron chi connectivity index (χ3n) is 3.12. The highest BCUT2D eigenvalue weighted by molar-refractivity contribution is 9.10. The molecule has 1 amide bonds. The second-order valence-electron chi connectivity index (χ2n) is 4.97. The minimum absolute atomic E-state index is 0.0189. The Kier molecular flexibility index (Phi) is 7.25. The van der Waals surface area contributed by atoms with E-state index in [4.69, 9.17) is 5.11 Å². The van der Waals surface area contributed by atoms with Gasteiger partial charge in [-0.25, -0.2) is 0 Å². The van der Waals surface area contributed by atoms with Gasteiger partial charge >= 0.3 is 5.97 Å². The zero-order chi connectivity index (χ0) is 16.0. The van der Waals surface area contributed by atoms with Crippen molar-refractivity contribution in [3.05, 3.63) is 27.7 Å². The zero-order valence-electron chi connectivity index (χ0n) is 12.5. The number of hydrogen-bond donors (Lipinski definition) is 1. The Morgan fingerprint density at radius 2 is 1.95 bits per heavy atom. The molecule has 0 saturated heterocycles. The van der Waals surface area contributed by atoms with Crippen molar-refractivity contribution in [2.75, 3.05) is 19.3 Å². The van der Waals surface area contributed by atoms with Crippen molar-refractivity contribution in [1.29, 1.82) is 0 Å². The summed E-state index contributed by atoms with van der Waals surface area (Å²) in [6, 6.07) is 4.13. The van der Waals surface area contributed by atoms with Gasteiger partial charge in [-0.15, -0.1) is 11.8 Å². The largest absolute Gasteiger partial charge is 0.481 e. The Bertz CT molecular complexity index is 534. The average molecular weight is 374 g/mol. The van der Waals surface area contributed by atoms with E-state index in [1.54, 1.807) is 11.9 Å². The molecule has 6 heteroatoms. The van der Waals surface area contributed by atoms with Crippen LogP contribution in [-0.2, 0) is 9.59 Å². The molecule has 1 aromatic rings. The first-order valence-electron chi connectivity index (χ1n) is 6.66. The quantitative estimate of drug-likeness (QED) is 0.743. The van der Waals surface area contributed by atoms with Gasteiger partial charge in [0.1, 0.15) is 0 Å². The van der Waals surface area contributed by atoms with Crippen LogP contribution in [0.1, 0.15) is 24.0 Å². The minimum Gasteiger partial charge on any atom is -0.481 e. The Hall–Kier alpha value is -1.01. The molecule has 0 unspecified atom stereocenters. The number of nitrogens with zero attached hydrogens (tertiary/aromatic N) is 1. The summed E-state index contributed by atoms with van der Waals surface area (Å²) >= 11 is 5.01. The van der Waals surface area contributed by atoms with Crippen LogP contribution in [0.3, 0.4) is 0 Å². The third kappa shape index (κ3) is 6.09. The average Bonchev–Trinajstić information content (AvgIpc) is 2.40. The van der Waals surface area contributed by atoms with E-state index >= 15 is 0 Å². The first kappa shape index (κ1) is 18.0. The Morgan fingerprint density at radius 3 is 2.57 bits per heavy atom. The molecule has 0 bridgehead atoms. The van der Waals surface area contributed by atoms with Crippen molar-refractivity contribution in [2.24, 2.45) is 0 Å². The minimum atomic E-state index is -0.828. The summed E-state index contributed by atoms with van der Waals surface area (Å²) in [7, 11) is 1.71. The maximum Gasteiger partial charge on any atom is 0.303 e. The molecule has 0 radical (unpaired) electrons. The van der Waals surface area contributed by atoms with Gasteiger partial charge in [-0.2, -0.15) is 0 Å². The molecule has 0 saturated carbocycles. The van der Waals surface area contributed by atoms with E-state index in [0.717, 1.165) is 20.5 Å². The lowest BCUT2D eigenvalue weighted by molar-refractivity contribution is -0.137. The number of hydrogen-bond acceptors (Lipinski definition) is 3. The molecule has 0 fully saturated rings. The standard InChI is InChI=1S/C15H20BrNO3S/c1-10-8-13(11(2)7-12(10)16)21-9-14(18)17(3)6-4-5-15(19)20/h7-8H,4-6,9H2,1-3H3,(H,19,20). The summed E-state index contributed by atoms with van der Waals surface area (Å²) in [5, 5.41) is 8.58. The van der Waals surface area contributed by atoms with E-state index in [9.17, 15) is 9.59 Å². The second-order valence-corrected chi connectivity index (χ2v) is 6.84. The fraction of sp³-hybridized carbons (Fsp3) is 0.467. The maximum atomic E-state index is 12.0. The van der Waals surface area contributed by atoms with Gasteiger partial charge in [-0.05, 0) is 43.5 Å². The monoisotopic (exact) mass is 373 g/mol. The van der Waals surface area contributed by atoms with E-state index in [1.807, 2.05) is 13.8 Å². The van der Waals surface area contributed by atoms with Crippen molar-refractivity contribution >= 4 is 39.6 Å². The lowest BCUT2D eigenvalue weighted by Crippen LogP contribution is -2.29. The Balaban J connectivity index is 2.49. The van der Waals surface area contributed by atoms with Gasteiger partial charge < -0.3 is 10.0 Å². The van der Waals surface area contributed by atoms with Crippen LogP contribution < -0.4 is 0 Å². The molecule has 0 spiro atoms. The fourth-order valence-corrected chi connectivity index (χ4v) is 3.26. The first-order chi connectivity index (χ1) is 9.81. The number of thioether (sulfide) groups is 1. The van der Waals surface area contributed by atoms with Crippen LogP contribution in [0, 0.1) is 13.8 Å². The molecule has 116 valence electrons. The van der Waals surface area contributed by atoms with Gasteiger partial charge in [-0.3, -0.25) is 9.59 Å². The first-order valence-corrected chi connectivity index (χ1v) is 8.44. The summed E-state index contributed by atoms with van der Waals surface area (Å²) in [4.78, 5) is 25.1. The van der Waals surface area contributed by atoms with Crippen LogP contribution in [0.5, 0.6) is 0 Å². The summed E-state index contributed by atoms with van der Waals surface area (Å²) < 4.78 is 1.07. The van der Waals surface area contributed by atoms with E-state index < -0.39 is 5.97 Å². The molecule has 21 heavy (non-hydrogen) atoms. The van der Waals surface area contributed by atoms with Crippen LogP contribution in [0.25, 0.3) is 0 Å². The van der Waals surface area contributed by atoms with E-state index in [1.165, 1.54) is 11.8 Å². The van der Waals surface area contributed by atoms with E-state index in [0.29, 0.717) is 18.7 Å². The smallest absolute Gasteiger partial charge is 0.303 e. The SMILES string of the molecule is Cc1cc(SCC(=O)N(C)CCCC(=O)O)c(C)cc1Br. The van der Waals surface area contributed by atoms with Crippen molar-refractivity contribution in [2.45, 2.75) is 31.6 Å². The van der Waals surface area contributed by atoms with E-state index in [2.05, 4.69) is 28.1 Å². The molecule has 4 nitrogen and oxygen atoms in total. The lowest BCUT2D eigenvalue weighted by atomic mass is 10.2. The number of carbonyl (C=O) groups excluding carboxylic acids is 1. The molecule has 1 N–H and O–H groups in total. The molecule has 0 aliphatic carbocycles. The van der Waals surface area contributed by atoms with Crippen molar-refractivity contribution in [3.63, 3.8) is 0 Å². The van der Waals surface area contributed by atoms with Gasteiger partial charge in [-0.1, -0.05) is 15.9 Å². The summed E-state index contributed by atoms with van der Waals surface area (Å²) in [6.45, 7) is 4.52. The number of halogens is 1. The number of aryl methyl sites for hydroxylation is 2. The van der Waals surface area contributed by atoms with Crippen LogP contribution in [0.15, 0.2) is 21.5 Å². The number of amides is 1. The topological polar surface area (TPSA) is 57.6 Å². The fourth-order valence-electron chi connectivity index (χ4n) is 1.75. The highest BCUT2D eigenvalue weighted by Gasteiger charge is 2.11. The third-order valence-corrected chi connectivity index (χ3v) is 5.11. The Morgan fingerprint density at radius 1 is 1.29 bits per heavy atom. The number of carbonyl (C=O) groups is 2. The van der Waals surface area contributed by atoms with Crippen molar-refractivity contribution < 1.29 is 14.7 Å². The second kappa shape index (κ2) is 8.44. The van der Waals surface area contributed by atoms with Crippen molar-refractivity contribution in [1.82, 2.24) is 4.90 Å². The van der Waals surface area contributed by atoms with E-state index in [-0.39, 0.29) is 12.3 Å². The molecular weight excluding hydrogens is 354 g/mol. The van der Waals surface area contributed by atoms with Gasteiger partial charge in [0.2, 0.25) is 5.91 Å². The number of carboxylic acids is 1. The normalized spacial score (nSPS) is 10.5. The summed E-state index contributed by atoms with van der Waals surface area (Å²) in [5.41, 5.74) is 2.28. The predicted octanol–water partition coefficient (Wildman–Crippen LogP) is 3.48. The molecule has 1 rings (SSSR count). The Labute approximate surface area is 138 Å². The molecule has 1 aromatic carbocycles. The molecule has 0 aliphatic rings. The highest BCUT2D eigenvalue weighted by atomic mass is 79.9. The number of benzene rings is 1.